The molecule has 17 heavy (non-hydrogen) atoms. The van der Waals surface area contributed by atoms with Gasteiger partial charge in [-0.2, -0.15) is 0 Å². The SMILES string of the molecule is Cc1cc(CC(N)C(N)=O)c2ccccc2n1. The molecule has 1 amide bonds. The van der Waals surface area contributed by atoms with Gasteiger partial charge in [-0.05, 0) is 31.0 Å². The molecular formula is C13H15N3O. The van der Waals surface area contributed by atoms with Gasteiger partial charge in [-0.15, -0.1) is 0 Å². The molecule has 0 aliphatic heterocycles. The maximum absolute atomic E-state index is 11.0. The van der Waals surface area contributed by atoms with Gasteiger partial charge in [0.25, 0.3) is 0 Å². The highest BCUT2D eigenvalue weighted by Gasteiger charge is 2.12. The van der Waals surface area contributed by atoms with Crippen molar-refractivity contribution in [3.63, 3.8) is 0 Å². The number of rotatable bonds is 3. The van der Waals surface area contributed by atoms with Gasteiger partial charge in [0, 0.05) is 11.1 Å². The molecular weight excluding hydrogens is 214 g/mol. The minimum Gasteiger partial charge on any atom is -0.368 e. The molecule has 1 heterocycles. The maximum Gasteiger partial charge on any atom is 0.234 e. The Morgan fingerprint density at radius 2 is 2.12 bits per heavy atom. The Kier molecular flexibility index (Phi) is 3.06. The highest BCUT2D eigenvalue weighted by Crippen LogP contribution is 2.19. The van der Waals surface area contributed by atoms with Crippen LogP contribution in [0.15, 0.2) is 30.3 Å². The van der Waals surface area contributed by atoms with Gasteiger partial charge in [-0.1, -0.05) is 18.2 Å². The molecule has 0 fully saturated rings. The van der Waals surface area contributed by atoms with E-state index in [1.165, 1.54) is 0 Å². The number of para-hydroxylation sites is 1. The minimum absolute atomic E-state index is 0.444. The molecule has 0 spiro atoms. The Labute approximate surface area is 99.6 Å². The number of fused-ring (bicyclic) bond motifs is 1. The number of carbonyl (C=O) groups is 1. The van der Waals surface area contributed by atoms with Crippen molar-refractivity contribution in [2.45, 2.75) is 19.4 Å². The second-order valence-corrected chi connectivity index (χ2v) is 4.15. The molecule has 4 N–H and O–H groups in total. The highest BCUT2D eigenvalue weighted by atomic mass is 16.1. The first-order valence-electron chi connectivity index (χ1n) is 5.48. The van der Waals surface area contributed by atoms with E-state index < -0.39 is 11.9 Å². The third-order valence-electron chi connectivity index (χ3n) is 2.74. The first kappa shape index (κ1) is 11.5. The average Bonchev–Trinajstić information content (AvgIpc) is 2.28. The summed E-state index contributed by atoms with van der Waals surface area (Å²) >= 11 is 0. The Hall–Kier alpha value is -1.94. The quantitative estimate of drug-likeness (QED) is 0.820. The Morgan fingerprint density at radius 1 is 1.41 bits per heavy atom. The average molecular weight is 229 g/mol. The molecule has 4 nitrogen and oxygen atoms in total. The fourth-order valence-electron chi connectivity index (χ4n) is 1.90. The second-order valence-electron chi connectivity index (χ2n) is 4.15. The van der Waals surface area contributed by atoms with Crippen molar-refractivity contribution in [2.24, 2.45) is 11.5 Å². The van der Waals surface area contributed by atoms with Gasteiger partial charge in [-0.3, -0.25) is 9.78 Å². The molecule has 2 rings (SSSR count). The van der Waals surface area contributed by atoms with Gasteiger partial charge >= 0.3 is 0 Å². The molecule has 0 aliphatic rings. The van der Waals surface area contributed by atoms with E-state index in [1.807, 2.05) is 37.3 Å². The number of nitrogens with two attached hydrogens (primary N) is 2. The lowest BCUT2D eigenvalue weighted by Gasteiger charge is -2.11. The van der Waals surface area contributed by atoms with Gasteiger partial charge in [-0.25, -0.2) is 0 Å². The number of carbonyl (C=O) groups excluding carboxylic acids is 1. The van der Waals surface area contributed by atoms with Crippen LogP contribution in [0.3, 0.4) is 0 Å². The number of aromatic nitrogens is 1. The second kappa shape index (κ2) is 4.51. The number of pyridine rings is 1. The zero-order chi connectivity index (χ0) is 12.4. The predicted octanol–water partition coefficient (Wildman–Crippen LogP) is 0.898. The van der Waals surface area contributed by atoms with Crippen molar-refractivity contribution in [2.75, 3.05) is 0 Å². The van der Waals surface area contributed by atoms with Crippen LogP contribution in [-0.2, 0) is 11.2 Å². The van der Waals surface area contributed by atoms with Gasteiger partial charge in [0.15, 0.2) is 0 Å². The fourth-order valence-corrected chi connectivity index (χ4v) is 1.90. The van der Waals surface area contributed by atoms with Crippen LogP contribution in [-0.4, -0.2) is 16.9 Å². The van der Waals surface area contributed by atoms with E-state index in [0.717, 1.165) is 22.2 Å². The summed E-state index contributed by atoms with van der Waals surface area (Å²) in [6.07, 6.45) is 0.444. The first-order chi connectivity index (χ1) is 8.08. The molecule has 0 bridgehead atoms. The Bertz CT molecular complexity index is 566. The van der Waals surface area contributed by atoms with Crippen LogP contribution in [0.5, 0.6) is 0 Å². The summed E-state index contributed by atoms with van der Waals surface area (Å²) in [7, 11) is 0. The standard InChI is InChI=1S/C13H15N3O/c1-8-6-9(7-11(14)13(15)17)10-4-2-3-5-12(10)16-8/h2-6,11H,7,14H2,1H3,(H2,15,17). The first-order valence-corrected chi connectivity index (χ1v) is 5.48. The molecule has 1 unspecified atom stereocenters. The van der Waals surface area contributed by atoms with Crippen LogP contribution >= 0.6 is 0 Å². The summed E-state index contributed by atoms with van der Waals surface area (Å²) < 4.78 is 0. The van der Waals surface area contributed by atoms with Crippen LogP contribution in [0, 0.1) is 6.92 Å². The molecule has 1 aromatic carbocycles. The molecule has 0 aliphatic carbocycles. The molecule has 0 saturated heterocycles. The number of hydrogen-bond acceptors (Lipinski definition) is 3. The van der Waals surface area contributed by atoms with Crippen LogP contribution in [0.4, 0.5) is 0 Å². The number of amides is 1. The smallest absolute Gasteiger partial charge is 0.234 e. The number of aryl methyl sites for hydroxylation is 1. The van der Waals surface area contributed by atoms with E-state index in [9.17, 15) is 4.79 Å². The van der Waals surface area contributed by atoms with Crippen molar-refractivity contribution < 1.29 is 4.79 Å². The monoisotopic (exact) mass is 229 g/mol. The lowest BCUT2D eigenvalue weighted by Crippen LogP contribution is -2.38. The van der Waals surface area contributed by atoms with E-state index in [-0.39, 0.29) is 0 Å². The molecule has 1 aromatic heterocycles. The molecule has 2 aromatic rings. The fraction of sp³-hybridized carbons (Fsp3) is 0.231. The van der Waals surface area contributed by atoms with E-state index in [2.05, 4.69) is 4.98 Å². The zero-order valence-electron chi connectivity index (χ0n) is 9.68. The van der Waals surface area contributed by atoms with Gasteiger partial charge in [0.2, 0.25) is 5.91 Å². The van der Waals surface area contributed by atoms with Gasteiger partial charge in [0.1, 0.15) is 0 Å². The number of benzene rings is 1. The molecule has 0 radical (unpaired) electrons. The minimum atomic E-state index is -0.653. The van der Waals surface area contributed by atoms with Crippen molar-refractivity contribution in [3.8, 4) is 0 Å². The third-order valence-corrected chi connectivity index (χ3v) is 2.74. The lowest BCUT2D eigenvalue weighted by molar-refractivity contribution is -0.119. The summed E-state index contributed by atoms with van der Waals surface area (Å²) in [6, 6.07) is 9.10. The van der Waals surface area contributed by atoms with E-state index in [0.29, 0.717) is 6.42 Å². The third kappa shape index (κ3) is 2.42. The largest absolute Gasteiger partial charge is 0.368 e. The molecule has 1 atom stereocenters. The van der Waals surface area contributed by atoms with Gasteiger partial charge in [0.05, 0.1) is 11.6 Å². The maximum atomic E-state index is 11.0. The van der Waals surface area contributed by atoms with E-state index in [4.69, 9.17) is 11.5 Å². The van der Waals surface area contributed by atoms with Crippen molar-refractivity contribution in [1.82, 2.24) is 4.98 Å². The predicted molar refractivity (Wildman–Crippen MR) is 67.4 cm³/mol. The Morgan fingerprint density at radius 3 is 2.82 bits per heavy atom. The molecule has 4 heteroatoms. The normalized spacial score (nSPS) is 12.6. The lowest BCUT2D eigenvalue weighted by atomic mass is 10.0. The van der Waals surface area contributed by atoms with Crippen molar-refractivity contribution >= 4 is 16.8 Å². The van der Waals surface area contributed by atoms with E-state index >= 15 is 0 Å². The van der Waals surface area contributed by atoms with Crippen LogP contribution in [0.25, 0.3) is 10.9 Å². The summed E-state index contributed by atoms with van der Waals surface area (Å²) in [6.45, 7) is 1.92. The Balaban J connectivity index is 2.49. The van der Waals surface area contributed by atoms with Crippen LogP contribution < -0.4 is 11.5 Å². The molecule has 0 saturated carbocycles. The number of primary amides is 1. The topological polar surface area (TPSA) is 82.0 Å². The molecule has 88 valence electrons. The number of nitrogens with zero attached hydrogens (tertiary/aromatic N) is 1. The van der Waals surface area contributed by atoms with Crippen molar-refractivity contribution in [3.05, 3.63) is 41.6 Å². The van der Waals surface area contributed by atoms with Crippen LogP contribution in [0.1, 0.15) is 11.3 Å². The highest BCUT2D eigenvalue weighted by molar-refractivity contribution is 5.84. The summed E-state index contributed by atoms with van der Waals surface area (Å²) in [5.41, 5.74) is 13.7. The van der Waals surface area contributed by atoms with E-state index in [1.54, 1.807) is 0 Å². The van der Waals surface area contributed by atoms with Gasteiger partial charge < -0.3 is 11.5 Å². The summed E-state index contributed by atoms with van der Waals surface area (Å²) in [5.74, 6) is -0.483. The van der Waals surface area contributed by atoms with Crippen molar-refractivity contribution in [1.29, 1.82) is 0 Å². The summed E-state index contributed by atoms with van der Waals surface area (Å²) in [4.78, 5) is 15.4. The summed E-state index contributed by atoms with van der Waals surface area (Å²) in [5, 5.41) is 1.02. The number of hydrogen-bond donors (Lipinski definition) is 2. The zero-order valence-corrected chi connectivity index (χ0v) is 9.68. The van der Waals surface area contributed by atoms with Crippen LogP contribution in [0.2, 0.25) is 0 Å².